The van der Waals surface area contributed by atoms with Gasteiger partial charge in [-0.3, -0.25) is 4.79 Å². The van der Waals surface area contributed by atoms with Crippen molar-refractivity contribution in [3.8, 4) is 0 Å². The maximum atomic E-state index is 14.4. The second-order valence-corrected chi connectivity index (χ2v) is 17.8. The third kappa shape index (κ3) is 7.63. The zero-order valence-electron chi connectivity index (χ0n) is 33.6. The van der Waals surface area contributed by atoms with Crippen LogP contribution in [0, 0.1) is 41.4 Å². The van der Waals surface area contributed by atoms with Crippen LogP contribution in [-0.4, -0.2) is 92.9 Å². The first-order chi connectivity index (χ1) is 24.4. The summed E-state index contributed by atoms with van der Waals surface area (Å²) in [6.45, 7) is 20.0. The lowest BCUT2D eigenvalue weighted by Gasteiger charge is -2.54. The number of Topliss-reactive ketones (excluding diaryl/α,β-unsaturated/α-hetero) is 1. The van der Waals surface area contributed by atoms with Crippen LogP contribution in [0.15, 0.2) is 12.2 Å². The lowest BCUT2D eigenvalue weighted by atomic mass is 9.72. The van der Waals surface area contributed by atoms with Gasteiger partial charge in [0, 0.05) is 36.0 Å². The Labute approximate surface area is 312 Å². The summed E-state index contributed by atoms with van der Waals surface area (Å²) in [5, 5.41) is 34.2. The molecule has 5 aliphatic rings. The molecule has 298 valence electrons. The number of rotatable bonds is 12. The van der Waals surface area contributed by atoms with Crippen LogP contribution in [0.2, 0.25) is 0 Å². The molecule has 4 saturated heterocycles. The molecule has 5 rings (SSSR count). The van der Waals surface area contributed by atoms with E-state index in [9.17, 15) is 24.9 Å². The molecule has 0 aromatic heterocycles. The average Bonchev–Trinajstić information content (AvgIpc) is 3.47. The van der Waals surface area contributed by atoms with Crippen molar-refractivity contribution in [2.45, 2.75) is 199 Å². The van der Waals surface area contributed by atoms with Gasteiger partial charge < -0.3 is 43.8 Å². The Morgan fingerprint density at radius 1 is 0.942 bits per heavy atom. The van der Waals surface area contributed by atoms with E-state index in [2.05, 4.69) is 20.8 Å². The summed E-state index contributed by atoms with van der Waals surface area (Å²) in [5.74, 6) is -4.10. The van der Waals surface area contributed by atoms with Gasteiger partial charge in [-0.05, 0) is 95.6 Å². The third-order valence-electron chi connectivity index (χ3n) is 14.4. The van der Waals surface area contributed by atoms with Crippen LogP contribution < -0.4 is 0 Å². The maximum Gasteiger partial charge on any atom is 0.202 e. The van der Waals surface area contributed by atoms with Crippen molar-refractivity contribution in [1.29, 1.82) is 0 Å². The number of aldehydes is 1. The van der Waals surface area contributed by atoms with E-state index in [1.54, 1.807) is 6.08 Å². The smallest absolute Gasteiger partial charge is 0.202 e. The molecular formula is C42H70O10. The maximum absolute atomic E-state index is 14.4. The molecule has 52 heavy (non-hydrogen) atoms. The molecule has 2 spiro atoms. The van der Waals surface area contributed by atoms with Crippen molar-refractivity contribution in [3.05, 3.63) is 12.2 Å². The van der Waals surface area contributed by atoms with Gasteiger partial charge in [0.25, 0.3) is 0 Å². The SMILES string of the molecule is CC[C@@H](C=O)[C@H]1CC[C@H](C)[C@H]([C@@H](C)[C@H](O)[C@H](C)C(=O)[C@H](CC)[C@H]2O[C@]3(C=C[C@@H](O)[C@]4(CC[C@@](C)([C@H]5CC[C@](O)(CC)[C@H](C)O5)O4)O3)[C@H](C)C[C@@H]2C)O1. The molecular weight excluding hydrogens is 664 g/mol. The highest BCUT2D eigenvalue weighted by Gasteiger charge is 2.63. The Kier molecular flexibility index (Phi) is 13.0. The van der Waals surface area contributed by atoms with E-state index in [-0.39, 0.29) is 59.8 Å². The van der Waals surface area contributed by atoms with Crippen LogP contribution >= 0.6 is 0 Å². The molecule has 10 nitrogen and oxygen atoms in total. The van der Waals surface area contributed by atoms with Crippen LogP contribution in [0.4, 0.5) is 0 Å². The van der Waals surface area contributed by atoms with Crippen molar-refractivity contribution in [2.24, 2.45) is 41.4 Å². The van der Waals surface area contributed by atoms with E-state index < -0.39 is 52.9 Å². The molecule has 0 aromatic rings. The highest BCUT2D eigenvalue weighted by Crippen LogP contribution is 2.54. The minimum absolute atomic E-state index is 0.0390. The number of ketones is 1. The minimum atomic E-state index is -1.35. The highest BCUT2D eigenvalue weighted by atomic mass is 16.8. The van der Waals surface area contributed by atoms with Crippen molar-refractivity contribution < 1.29 is 48.6 Å². The summed E-state index contributed by atoms with van der Waals surface area (Å²) in [4.78, 5) is 26.2. The van der Waals surface area contributed by atoms with Gasteiger partial charge in [0.2, 0.25) is 5.79 Å². The summed E-state index contributed by atoms with van der Waals surface area (Å²) in [6.07, 6.45) is 7.64. The molecule has 4 fully saturated rings. The van der Waals surface area contributed by atoms with Crippen LogP contribution in [0.3, 0.4) is 0 Å². The summed E-state index contributed by atoms with van der Waals surface area (Å²) < 4.78 is 33.6. The van der Waals surface area contributed by atoms with Gasteiger partial charge in [-0.2, -0.15) is 0 Å². The fourth-order valence-electron chi connectivity index (χ4n) is 10.4. The molecule has 5 heterocycles. The van der Waals surface area contributed by atoms with E-state index in [1.807, 2.05) is 54.5 Å². The summed E-state index contributed by atoms with van der Waals surface area (Å²) >= 11 is 0. The standard InChI is InChI=1S/C42H70O10/c1-11-30(23-43)32-15-14-24(4)37(49-32)28(8)35(45)27(7)36(46)31(12-2)38-25(5)22-26(6)41(50-38)19-16-33(44)42(52-41)21-20-39(10,51-42)34-17-18-40(47,13-3)29(9)48-34/h16,19,23-35,37-38,44-45,47H,11-15,17-18,20-22H2,1-10H3/t24-,25-,26+,27-,28-,29-,30-,31-,32+,33+,34+,35+,37+,38-,39-,40+,41-,42-/m0/s1. The number of carbonyl (C=O) groups excluding carboxylic acids is 2. The van der Waals surface area contributed by atoms with Crippen LogP contribution in [0.1, 0.15) is 133 Å². The van der Waals surface area contributed by atoms with Gasteiger partial charge in [0.1, 0.15) is 18.2 Å². The van der Waals surface area contributed by atoms with Crippen LogP contribution in [0.25, 0.3) is 0 Å². The van der Waals surface area contributed by atoms with E-state index >= 15 is 0 Å². The van der Waals surface area contributed by atoms with Crippen molar-refractivity contribution in [1.82, 2.24) is 0 Å². The number of carbonyl (C=O) groups is 2. The fourth-order valence-corrected chi connectivity index (χ4v) is 10.4. The first kappa shape index (κ1) is 41.9. The minimum Gasteiger partial charge on any atom is -0.392 e. The predicted octanol–water partition coefficient (Wildman–Crippen LogP) is 6.30. The van der Waals surface area contributed by atoms with E-state index in [1.165, 1.54) is 0 Å². The number of hydrogen-bond acceptors (Lipinski definition) is 10. The van der Waals surface area contributed by atoms with Gasteiger partial charge in [-0.1, -0.05) is 55.4 Å². The summed E-state index contributed by atoms with van der Waals surface area (Å²) in [5.41, 5.74) is -1.61. The van der Waals surface area contributed by atoms with E-state index in [4.69, 9.17) is 23.7 Å². The second-order valence-electron chi connectivity index (χ2n) is 17.8. The lowest BCUT2D eigenvalue weighted by Crippen LogP contribution is -2.63. The second kappa shape index (κ2) is 16.1. The topological polar surface area (TPSA) is 141 Å². The third-order valence-corrected chi connectivity index (χ3v) is 14.4. The summed E-state index contributed by atoms with van der Waals surface area (Å²) in [7, 11) is 0. The Bertz CT molecular complexity index is 1270. The van der Waals surface area contributed by atoms with E-state index in [0.717, 1.165) is 25.5 Å². The molecule has 0 unspecified atom stereocenters. The Balaban J connectivity index is 1.31. The molecule has 10 heteroatoms. The van der Waals surface area contributed by atoms with Crippen LogP contribution in [-0.2, 0) is 33.3 Å². The zero-order chi connectivity index (χ0) is 38.4. The largest absolute Gasteiger partial charge is 0.392 e. The molecule has 0 aromatic carbocycles. The Morgan fingerprint density at radius 3 is 2.27 bits per heavy atom. The number of aliphatic hydroxyl groups is 3. The molecule has 0 bridgehead atoms. The lowest BCUT2D eigenvalue weighted by molar-refractivity contribution is -0.409. The Hall–Kier alpha value is -1.24. The number of ether oxygens (including phenoxy) is 5. The highest BCUT2D eigenvalue weighted by molar-refractivity contribution is 5.84. The van der Waals surface area contributed by atoms with Gasteiger partial charge in [0.15, 0.2) is 5.79 Å². The van der Waals surface area contributed by atoms with Crippen LogP contribution in [0.5, 0.6) is 0 Å². The molecule has 0 aliphatic carbocycles. The molecule has 18 atom stereocenters. The quantitative estimate of drug-likeness (QED) is 0.155. The summed E-state index contributed by atoms with van der Waals surface area (Å²) in [6, 6.07) is 0. The van der Waals surface area contributed by atoms with Gasteiger partial charge in [-0.25, -0.2) is 0 Å². The fraction of sp³-hybridized carbons (Fsp3) is 0.905. The first-order valence-electron chi connectivity index (χ1n) is 20.6. The Morgan fingerprint density at radius 2 is 1.65 bits per heavy atom. The van der Waals surface area contributed by atoms with Crippen molar-refractivity contribution in [2.75, 3.05) is 0 Å². The van der Waals surface area contributed by atoms with E-state index in [0.29, 0.717) is 44.9 Å². The predicted molar refractivity (Wildman–Crippen MR) is 197 cm³/mol. The van der Waals surface area contributed by atoms with Gasteiger partial charge in [-0.15, -0.1) is 0 Å². The molecule has 0 amide bonds. The first-order valence-corrected chi connectivity index (χ1v) is 20.6. The van der Waals surface area contributed by atoms with Crippen molar-refractivity contribution in [3.63, 3.8) is 0 Å². The number of hydrogen-bond donors (Lipinski definition) is 3. The monoisotopic (exact) mass is 734 g/mol. The number of aliphatic hydroxyl groups excluding tert-OH is 2. The molecule has 0 radical (unpaired) electrons. The van der Waals surface area contributed by atoms with Gasteiger partial charge >= 0.3 is 0 Å². The molecule has 5 aliphatic heterocycles. The molecule has 3 N–H and O–H groups in total. The molecule has 0 saturated carbocycles. The normalized spacial score (nSPS) is 46.8. The van der Waals surface area contributed by atoms with Crippen molar-refractivity contribution >= 4 is 12.1 Å². The zero-order valence-corrected chi connectivity index (χ0v) is 33.6. The average molecular weight is 735 g/mol. The van der Waals surface area contributed by atoms with Gasteiger partial charge in [0.05, 0.1) is 47.8 Å².